The van der Waals surface area contributed by atoms with Crippen molar-refractivity contribution in [2.75, 3.05) is 13.2 Å². The molecule has 0 aromatic heterocycles. The zero-order valence-electron chi connectivity index (χ0n) is 16.4. The summed E-state index contributed by atoms with van der Waals surface area (Å²) in [4.78, 5) is 0. The summed E-state index contributed by atoms with van der Waals surface area (Å²) in [5, 5.41) is 18.7. The van der Waals surface area contributed by atoms with Gasteiger partial charge in [-0.15, -0.1) is 0 Å². The molecule has 0 amide bonds. The molecule has 0 bridgehead atoms. The first-order chi connectivity index (χ1) is 13.2. The maximum absolute atomic E-state index is 12.3. The van der Waals surface area contributed by atoms with E-state index in [1.807, 2.05) is 43.3 Å². The highest BCUT2D eigenvalue weighted by molar-refractivity contribution is 5.41. The molecule has 2 rings (SSSR count). The zero-order valence-corrected chi connectivity index (χ0v) is 16.4. The Labute approximate surface area is 164 Å². The molecule has 0 aliphatic rings. The van der Waals surface area contributed by atoms with Gasteiger partial charge in [0.1, 0.15) is 30.8 Å². The number of ether oxygens (including phenoxy) is 2. The maximum Gasteiger partial charge on any atom is 0.267 e. The SMILES string of the molecule is CCC(O)COc1ccc(C(C)(C)c2ccc(OCC(O)C(F)F)cc2)cc1. The van der Waals surface area contributed by atoms with Crippen LogP contribution < -0.4 is 9.47 Å². The highest BCUT2D eigenvalue weighted by atomic mass is 19.3. The third-order valence-corrected chi connectivity index (χ3v) is 4.78. The van der Waals surface area contributed by atoms with Gasteiger partial charge in [0.2, 0.25) is 0 Å². The number of aliphatic hydroxyl groups is 2. The second kappa shape index (κ2) is 9.85. The van der Waals surface area contributed by atoms with E-state index >= 15 is 0 Å². The van der Waals surface area contributed by atoms with E-state index in [1.54, 1.807) is 12.1 Å². The predicted octanol–water partition coefficient (Wildman–Crippen LogP) is 4.17. The maximum atomic E-state index is 12.3. The molecule has 2 unspecified atom stereocenters. The molecule has 6 heteroatoms. The van der Waals surface area contributed by atoms with Crippen molar-refractivity contribution in [3.8, 4) is 11.5 Å². The highest BCUT2D eigenvalue weighted by Gasteiger charge is 2.23. The molecule has 0 spiro atoms. The molecule has 154 valence electrons. The number of hydrogen-bond donors (Lipinski definition) is 2. The Hall–Kier alpha value is -2.18. The number of alkyl halides is 2. The summed E-state index contributed by atoms with van der Waals surface area (Å²) in [5.74, 6) is 1.13. The minimum atomic E-state index is -2.82. The third kappa shape index (κ3) is 5.91. The van der Waals surface area contributed by atoms with Crippen LogP contribution in [0.4, 0.5) is 8.78 Å². The van der Waals surface area contributed by atoms with Gasteiger partial charge < -0.3 is 19.7 Å². The highest BCUT2D eigenvalue weighted by Crippen LogP contribution is 2.33. The largest absolute Gasteiger partial charge is 0.491 e. The van der Waals surface area contributed by atoms with Gasteiger partial charge >= 0.3 is 0 Å². The minimum Gasteiger partial charge on any atom is -0.491 e. The first kappa shape index (κ1) is 22.1. The number of aliphatic hydroxyl groups excluding tert-OH is 2. The number of rotatable bonds is 10. The topological polar surface area (TPSA) is 58.9 Å². The van der Waals surface area contributed by atoms with E-state index in [4.69, 9.17) is 14.6 Å². The first-order valence-electron chi connectivity index (χ1n) is 9.35. The van der Waals surface area contributed by atoms with E-state index in [0.29, 0.717) is 17.9 Å². The van der Waals surface area contributed by atoms with Crippen molar-refractivity contribution in [1.82, 2.24) is 0 Å². The molecule has 0 aliphatic carbocycles. The van der Waals surface area contributed by atoms with Crippen LogP contribution in [0, 0.1) is 0 Å². The molecular formula is C22H28F2O4. The average Bonchev–Trinajstić information content (AvgIpc) is 2.70. The third-order valence-electron chi connectivity index (χ3n) is 4.78. The van der Waals surface area contributed by atoms with Gasteiger partial charge in [0.15, 0.2) is 0 Å². The zero-order chi connectivity index (χ0) is 20.7. The van der Waals surface area contributed by atoms with Crippen molar-refractivity contribution in [2.45, 2.75) is 51.2 Å². The Morgan fingerprint density at radius 3 is 1.64 bits per heavy atom. The van der Waals surface area contributed by atoms with Gasteiger partial charge in [-0.1, -0.05) is 45.0 Å². The normalized spacial score (nSPS) is 14.0. The summed E-state index contributed by atoms with van der Waals surface area (Å²) in [6.07, 6.45) is -4.45. The lowest BCUT2D eigenvalue weighted by atomic mass is 9.78. The lowest BCUT2D eigenvalue weighted by Crippen LogP contribution is -2.25. The van der Waals surface area contributed by atoms with Crippen LogP contribution in [-0.4, -0.2) is 42.1 Å². The fourth-order valence-electron chi connectivity index (χ4n) is 2.67. The summed E-state index contributed by atoms with van der Waals surface area (Å²) in [7, 11) is 0. The van der Waals surface area contributed by atoms with Gasteiger partial charge in [0.05, 0.1) is 6.10 Å². The van der Waals surface area contributed by atoms with Gasteiger partial charge in [0.25, 0.3) is 6.43 Å². The van der Waals surface area contributed by atoms with E-state index in [2.05, 4.69) is 13.8 Å². The summed E-state index contributed by atoms with van der Waals surface area (Å²) in [6, 6.07) is 14.9. The van der Waals surface area contributed by atoms with Gasteiger partial charge in [-0.05, 0) is 41.8 Å². The van der Waals surface area contributed by atoms with Crippen molar-refractivity contribution in [2.24, 2.45) is 0 Å². The molecule has 2 aromatic rings. The lowest BCUT2D eigenvalue weighted by Gasteiger charge is -2.26. The molecule has 0 aliphatic heterocycles. The lowest BCUT2D eigenvalue weighted by molar-refractivity contribution is -0.0283. The van der Waals surface area contributed by atoms with Crippen molar-refractivity contribution >= 4 is 0 Å². The first-order valence-corrected chi connectivity index (χ1v) is 9.35. The Balaban J connectivity index is 2.03. The van der Waals surface area contributed by atoms with Crippen LogP contribution >= 0.6 is 0 Å². The van der Waals surface area contributed by atoms with Crippen molar-refractivity contribution in [3.63, 3.8) is 0 Å². The van der Waals surface area contributed by atoms with Crippen molar-refractivity contribution in [1.29, 1.82) is 0 Å². The molecule has 0 fully saturated rings. The van der Waals surface area contributed by atoms with Gasteiger partial charge in [0, 0.05) is 5.41 Å². The molecule has 0 saturated carbocycles. The Morgan fingerprint density at radius 2 is 1.25 bits per heavy atom. The van der Waals surface area contributed by atoms with Crippen LogP contribution in [0.15, 0.2) is 48.5 Å². The standard InChI is InChI=1S/C22H28F2O4/c1-4-17(25)13-27-18-9-5-15(6-10-18)22(2,3)16-7-11-19(12-8-16)28-14-20(26)21(23)24/h5-12,17,20-21,25-26H,4,13-14H2,1-3H3. The van der Waals surface area contributed by atoms with Gasteiger partial charge in [-0.2, -0.15) is 0 Å². The minimum absolute atomic E-state index is 0.265. The molecule has 2 aromatic carbocycles. The molecule has 4 nitrogen and oxygen atoms in total. The quantitative estimate of drug-likeness (QED) is 0.635. The number of halogens is 2. The summed E-state index contributed by atoms with van der Waals surface area (Å²) >= 11 is 0. The second-order valence-electron chi connectivity index (χ2n) is 7.26. The monoisotopic (exact) mass is 394 g/mol. The average molecular weight is 394 g/mol. The fourth-order valence-corrected chi connectivity index (χ4v) is 2.67. The molecule has 0 heterocycles. The van der Waals surface area contributed by atoms with E-state index in [0.717, 1.165) is 11.1 Å². The van der Waals surface area contributed by atoms with Crippen LogP contribution in [0.1, 0.15) is 38.3 Å². The van der Waals surface area contributed by atoms with Gasteiger partial charge in [-0.3, -0.25) is 0 Å². The Bertz CT molecular complexity index is 714. The summed E-state index contributed by atoms with van der Waals surface area (Å²) in [5.41, 5.74) is 1.82. The summed E-state index contributed by atoms with van der Waals surface area (Å²) < 4.78 is 35.4. The number of benzene rings is 2. The van der Waals surface area contributed by atoms with Crippen molar-refractivity contribution in [3.05, 3.63) is 59.7 Å². The van der Waals surface area contributed by atoms with E-state index in [1.165, 1.54) is 0 Å². The van der Waals surface area contributed by atoms with E-state index < -0.39 is 25.2 Å². The molecule has 0 radical (unpaired) electrons. The molecule has 2 N–H and O–H groups in total. The van der Waals surface area contributed by atoms with Crippen molar-refractivity contribution < 1.29 is 28.5 Å². The predicted molar refractivity (Wildman–Crippen MR) is 104 cm³/mol. The Morgan fingerprint density at radius 1 is 0.821 bits per heavy atom. The van der Waals surface area contributed by atoms with Crippen LogP contribution in [-0.2, 0) is 5.41 Å². The molecule has 28 heavy (non-hydrogen) atoms. The molecule has 2 atom stereocenters. The van der Waals surface area contributed by atoms with Crippen LogP contribution in [0.25, 0.3) is 0 Å². The van der Waals surface area contributed by atoms with Gasteiger partial charge in [-0.25, -0.2) is 8.78 Å². The second-order valence-corrected chi connectivity index (χ2v) is 7.26. The number of hydrogen-bond acceptors (Lipinski definition) is 4. The van der Waals surface area contributed by atoms with E-state index in [-0.39, 0.29) is 12.0 Å². The fraction of sp³-hybridized carbons (Fsp3) is 0.455. The van der Waals surface area contributed by atoms with Crippen LogP contribution in [0.2, 0.25) is 0 Å². The van der Waals surface area contributed by atoms with Crippen LogP contribution in [0.5, 0.6) is 11.5 Å². The summed E-state index contributed by atoms with van der Waals surface area (Å²) in [6.45, 7) is 5.88. The Kier molecular flexibility index (Phi) is 7.78. The molecular weight excluding hydrogens is 366 g/mol. The van der Waals surface area contributed by atoms with Crippen LogP contribution in [0.3, 0.4) is 0 Å². The molecule has 0 saturated heterocycles. The smallest absolute Gasteiger partial charge is 0.267 e. The van der Waals surface area contributed by atoms with E-state index in [9.17, 15) is 13.9 Å².